The quantitative estimate of drug-likeness (QED) is 0.539. The zero-order valence-corrected chi connectivity index (χ0v) is 22.8. The van der Waals surface area contributed by atoms with Gasteiger partial charge in [0, 0.05) is 35.8 Å². The number of thiazole rings is 1. The van der Waals surface area contributed by atoms with E-state index in [9.17, 15) is 24.3 Å². The molecule has 2 amide bonds. The van der Waals surface area contributed by atoms with Crippen molar-refractivity contribution in [2.24, 2.45) is 35.5 Å². The molecule has 2 aromatic rings. The molecular weight excluding hydrogens is 510 g/mol. The molecule has 1 saturated heterocycles. The summed E-state index contributed by atoms with van der Waals surface area (Å²) in [6, 6.07) is 7.26. The first kappa shape index (κ1) is 24.7. The number of thioether (sulfide) groups is 1. The minimum Gasteiger partial charge on any atom is -0.480 e. The predicted octanol–water partition coefficient (Wildman–Crippen LogP) is 3.48. The summed E-state index contributed by atoms with van der Waals surface area (Å²) in [5.74, 6) is -2.62. The van der Waals surface area contributed by atoms with Gasteiger partial charge in [0.1, 0.15) is 6.04 Å². The molecule has 37 heavy (non-hydrogen) atoms. The van der Waals surface area contributed by atoms with Gasteiger partial charge in [-0.2, -0.15) is 0 Å². The van der Waals surface area contributed by atoms with Crippen LogP contribution in [0.15, 0.2) is 34.1 Å². The third kappa shape index (κ3) is 3.62. The third-order valence-electron chi connectivity index (χ3n) is 8.82. The Kier molecular flexibility index (Phi) is 5.83. The molecule has 0 spiro atoms. The molecule has 2 N–H and O–H groups in total. The number of carbonyl (C=O) groups is 3. The summed E-state index contributed by atoms with van der Waals surface area (Å²) >= 11 is 2.89. The lowest BCUT2D eigenvalue weighted by Gasteiger charge is -2.43. The lowest BCUT2D eigenvalue weighted by Crippen LogP contribution is -2.47. The van der Waals surface area contributed by atoms with Gasteiger partial charge in [0.15, 0.2) is 0 Å². The number of likely N-dealkylation sites (tertiary alicyclic amines) is 1. The average molecular weight is 542 g/mol. The number of H-pyrrole nitrogens is 1. The number of fused-ring (bicyclic) bond motifs is 9. The number of anilines is 1. The SMILES string of the molecule is CC(C)C[C@@H](C(=O)O)N1C(=O)[C@@H]2[C@@H]3C[C@H]([C@H]4Sc5[nH]c(=O)sc5[C@@H](c5ccc(N(C)C)cc5)[C@H]34)[C@@H]2C1=O. The van der Waals surface area contributed by atoms with E-state index < -0.39 is 23.8 Å². The van der Waals surface area contributed by atoms with Crippen molar-refractivity contribution in [3.05, 3.63) is 44.4 Å². The molecule has 2 saturated carbocycles. The van der Waals surface area contributed by atoms with Gasteiger partial charge in [0.05, 0.1) is 16.9 Å². The van der Waals surface area contributed by atoms with Crippen LogP contribution in [-0.2, 0) is 14.4 Å². The number of aromatic amines is 1. The topological polar surface area (TPSA) is 111 Å². The molecule has 0 radical (unpaired) electrons. The van der Waals surface area contributed by atoms with Gasteiger partial charge in [-0.15, -0.1) is 11.8 Å². The van der Waals surface area contributed by atoms with E-state index in [1.54, 1.807) is 11.8 Å². The first-order valence-corrected chi connectivity index (χ1v) is 14.5. The number of rotatable bonds is 6. The summed E-state index contributed by atoms with van der Waals surface area (Å²) in [5, 5.41) is 10.9. The van der Waals surface area contributed by atoms with Crippen LogP contribution in [0.4, 0.5) is 5.69 Å². The summed E-state index contributed by atoms with van der Waals surface area (Å²) in [6.45, 7) is 3.81. The molecule has 2 aliphatic carbocycles. The van der Waals surface area contributed by atoms with E-state index in [0.717, 1.165) is 32.5 Å². The Hall–Kier alpha value is -2.59. The van der Waals surface area contributed by atoms with Crippen LogP contribution in [0.5, 0.6) is 0 Å². The Morgan fingerprint density at radius 2 is 1.76 bits per heavy atom. The molecule has 6 rings (SSSR count). The van der Waals surface area contributed by atoms with Crippen LogP contribution in [0.2, 0.25) is 0 Å². The lowest BCUT2D eigenvalue weighted by atomic mass is 9.68. The summed E-state index contributed by atoms with van der Waals surface area (Å²) in [4.78, 5) is 59.1. The first-order chi connectivity index (χ1) is 17.6. The van der Waals surface area contributed by atoms with Gasteiger partial charge in [0.25, 0.3) is 0 Å². The fourth-order valence-corrected chi connectivity index (χ4v) is 10.4. The van der Waals surface area contributed by atoms with Gasteiger partial charge in [-0.3, -0.25) is 19.3 Å². The molecule has 8 nitrogen and oxygen atoms in total. The zero-order chi connectivity index (χ0) is 26.3. The van der Waals surface area contributed by atoms with E-state index >= 15 is 0 Å². The van der Waals surface area contributed by atoms with Gasteiger partial charge in [-0.1, -0.05) is 37.3 Å². The third-order valence-corrected chi connectivity index (χ3v) is 11.4. The Balaban J connectivity index is 1.40. The average Bonchev–Trinajstić information content (AvgIpc) is 3.56. The minimum absolute atomic E-state index is 0.0138. The highest BCUT2D eigenvalue weighted by molar-refractivity contribution is 8.00. The number of aromatic nitrogens is 1. The Morgan fingerprint density at radius 3 is 2.35 bits per heavy atom. The Bertz CT molecular complexity index is 1330. The maximum absolute atomic E-state index is 13.8. The van der Waals surface area contributed by atoms with E-state index in [-0.39, 0.29) is 57.9 Å². The summed E-state index contributed by atoms with van der Waals surface area (Å²) in [5.41, 5.74) is 2.19. The molecule has 8 atom stereocenters. The molecular formula is C27H31N3O5S2. The van der Waals surface area contributed by atoms with E-state index in [1.165, 1.54) is 11.3 Å². The second kappa shape index (κ2) is 8.73. The van der Waals surface area contributed by atoms with Crippen LogP contribution < -0.4 is 9.77 Å². The summed E-state index contributed by atoms with van der Waals surface area (Å²) < 4.78 is 0. The molecule has 3 fully saturated rings. The Morgan fingerprint density at radius 1 is 1.11 bits per heavy atom. The number of carbonyl (C=O) groups excluding carboxylic acids is 2. The molecule has 10 heteroatoms. The first-order valence-electron chi connectivity index (χ1n) is 12.8. The fraction of sp³-hybridized carbons (Fsp3) is 0.556. The number of carboxylic acids is 1. The molecule has 4 aliphatic rings. The van der Waals surface area contributed by atoms with E-state index in [0.29, 0.717) is 0 Å². The van der Waals surface area contributed by atoms with Gasteiger partial charge in [0.2, 0.25) is 11.8 Å². The smallest absolute Gasteiger partial charge is 0.326 e. The van der Waals surface area contributed by atoms with E-state index in [4.69, 9.17) is 0 Å². The largest absolute Gasteiger partial charge is 0.480 e. The second-order valence-corrected chi connectivity index (χ2v) is 13.7. The highest BCUT2D eigenvalue weighted by atomic mass is 32.2. The minimum atomic E-state index is -1.12. The van der Waals surface area contributed by atoms with Crippen LogP contribution in [0.1, 0.15) is 43.0 Å². The lowest BCUT2D eigenvalue weighted by molar-refractivity contribution is -0.156. The van der Waals surface area contributed by atoms with Gasteiger partial charge in [-0.05, 0) is 54.2 Å². The van der Waals surface area contributed by atoms with Crippen molar-refractivity contribution < 1.29 is 19.5 Å². The van der Waals surface area contributed by atoms with Crippen LogP contribution in [0.25, 0.3) is 0 Å². The van der Waals surface area contributed by atoms with Crippen LogP contribution in [0, 0.1) is 35.5 Å². The Labute approximate surface area is 223 Å². The highest BCUT2D eigenvalue weighted by Crippen LogP contribution is 2.68. The molecule has 2 bridgehead atoms. The number of nitrogens with zero attached hydrogens (tertiary/aromatic N) is 2. The fourth-order valence-electron chi connectivity index (χ4n) is 7.46. The number of hydrogen-bond acceptors (Lipinski definition) is 7. The van der Waals surface area contributed by atoms with Gasteiger partial charge < -0.3 is 15.0 Å². The number of amides is 2. The molecule has 1 aromatic heterocycles. The standard InChI is InChI=1S/C27H31N3O5S2/c1-11(2)9-16(26(33)34)30-24(31)19-14-10-15(20(19)25(30)32)21-18(14)17(22-23(36-21)28-27(35)37-22)12-5-7-13(8-6-12)29(3)4/h5-8,11,14-21H,9-10H2,1-4H3,(H,28,35)(H,33,34)/t14-,15+,16+,17+,18+,19-,20+,21-/m1/s1. The maximum Gasteiger partial charge on any atom is 0.326 e. The van der Waals surface area contributed by atoms with E-state index in [2.05, 4.69) is 29.2 Å². The zero-order valence-electron chi connectivity index (χ0n) is 21.2. The highest BCUT2D eigenvalue weighted by Gasteiger charge is 2.70. The number of aliphatic carboxylic acids is 1. The molecule has 2 aliphatic heterocycles. The number of nitrogens with one attached hydrogen (secondary N) is 1. The van der Waals surface area contributed by atoms with Crippen molar-refractivity contribution in [2.75, 3.05) is 19.0 Å². The van der Waals surface area contributed by atoms with Crippen molar-refractivity contribution in [1.82, 2.24) is 9.88 Å². The monoisotopic (exact) mass is 541 g/mol. The molecule has 1 aromatic carbocycles. The van der Waals surface area contributed by atoms with Crippen molar-refractivity contribution in [3.63, 3.8) is 0 Å². The number of hydrogen-bond donors (Lipinski definition) is 2. The number of imide groups is 1. The molecule has 0 unspecified atom stereocenters. The van der Waals surface area contributed by atoms with E-state index in [1.807, 2.05) is 32.8 Å². The van der Waals surface area contributed by atoms with Crippen LogP contribution in [0.3, 0.4) is 0 Å². The summed E-state index contributed by atoms with van der Waals surface area (Å²) in [6.07, 6.45) is 1.04. The van der Waals surface area contributed by atoms with Crippen molar-refractivity contribution in [3.8, 4) is 0 Å². The number of benzene rings is 1. The van der Waals surface area contributed by atoms with Gasteiger partial charge >= 0.3 is 10.8 Å². The maximum atomic E-state index is 13.8. The van der Waals surface area contributed by atoms with Crippen molar-refractivity contribution >= 4 is 46.6 Å². The molecule has 196 valence electrons. The predicted molar refractivity (Wildman–Crippen MR) is 142 cm³/mol. The normalized spacial score (nSPS) is 32.5. The number of carboxylic acid groups (broad SMARTS) is 1. The van der Waals surface area contributed by atoms with Gasteiger partial charge in [-0.25, -0.2) is 4.79 Å². The summed E-state index contributed by atoms with van der Waals surface area (Å²) in [7, 11) is 3.99. The molecule has 3 heterocycles. The van der Waals surface area contributed by atoms with Crippen LogP contribution in [-0.4, -0.2) is 58.2 Å². The van der Waals surface area contributed by atoms with Crippen LogP contribution >= 0.6 is 23.1 Å². The van der Waals surface area contributed by atoms with Crippen molar-refractivity contribution in [2.45, 2.75) is 48.9 Å². The second-order valence-electron chi connectivity index (χ2n) is 11.5. The van der Waals surface area contributed by atoms with Crippen molar-refractivity contribution in [1.29, 1.82) is 0 Å².